The van der Waals surface area contributed by atoms with Crippen molar-refractivity contribution < 1.29 is 19.5 Å². The van der Waals surface area contributed by atoms with E-state index in [1.807, 2.05) is 0 Å². The number of nitrogens with one attached hydrogen (secondary N) is 2. The van der Waals surface area contributed by atoms with Gasteiger partial charge >= 0.3 is 5.97 Å². The number of rotatable bonds is 4. The number of anilines is 1. The number of hydrogen-bond acceptors (Lipinski definition) is 4. The maximum atomic E-state index is 11.8. The Labute approximate surface area is 108 Å². The Morgan fingerprint density at radius 1 is 1.39 bits per heavy atom. The van der Waals surface area contributed by atoms with E-state index in [4.69, 9.17) is 5.11 Å². The van der Waals surface area contributed by atoms with Gasteiger partial charge in [-0.05, 0) is 24.8 Å². The minimum atomic E-state index is -1.09. The van der Waals surface area contributed by atoms with Gasteiger partial charge in [0.05, 0.1) is 5.69 Å². The van der Waals surface area contributed by atoms with Crippen molar-refractivity contribution in [1.82, 2.24) is 5.32 Å². The van der Waals surface area contributed by atoms with Gasteiger partial charge in [-0.25, -0.2) is 4.79 Å². The minimum absolute atomic E-state index is 0.0795. The molecule has 0 saturated heterocycles. The molecular formula is C11H14N2O4S. The zero-order valence-electron chi connectivity index (χ0n) is 10.2. The lowest BCUT2D eigenvalue weighted by Crippen LogP contribution is -2.40. The molecule has 0 fully saturated rings. The molecule has 0 aliphatic rings. The number of aryl methyl sites for hydroxylation is 1. The molecule has 0 bridgehead atoms. The monoisotopic (exact) mass is 270 g/mol. The van der Waals surface area contributed by atoms with Crippen LogP contribution in [0.4, 0.5) is 5.69 Å². The van der Waals surface area contributed by atoms with Crippen molar-refractivity contribution in [2.24, 2.45) is 0 Å². The number of hydrogen-bond donors (Lipinski definition) is 3. The number of carbonyl (C=O) groups excluding carboxylic acids is 2. The van der Waals surface area contributed by atoms with Crippen molar-refractivity contribution in [2.75, 3.05) is 5.32 Å². The summed E-state index contributed by atoms with van der Waals surface area (Å²) in [4.78, 5) is 33.6. The summed E-state index contributed by atoms with van der Waals surface area (Å²) in [5.41, 5.74) is 0.968. The van der Waals surface area contributed by atoms with Crippen LogP contribution in [0.1, 0.15) is 29.1 Å². The minimum Gasteiger partial charge on any atom is -0.477 e. The Morgan fingerprint density at radius 3 is 2.50 bits per heavy atom. The molecule has 1 aromatic rings. The van der Waals surface area contributed by atoms with Crippen LogP contribution >= 0.6 is 11.3 Å². The molecule has 1 heterocycles. The summed E-state index contributed by atoms with van der Waals surface area (Å²) in [6.45, 7) is 4.54. The first-order chi connectivity index (χ1) is 8.32. The Kier molecular flexibility index (Phi) is 4.43. The Hall–Kier alpha value is -1.89. The van der Waals surface area contributed by atoms with E-state index in [0.29, 0.717) is 5.56 Å². The summed E-state index contributed by atoms with van der Waals surface area (Å²) in [6.07, 6.45) is 0. The van der Waals surface area contributed by atoms with Gasteiger partial charge in [0, 0.05) is 6.92 Å². The van der Waals surface area contributed by atoms with Crippen LogP contribution in [0.15, 0.2) is 5.38 Å². The quantitative estimate of drug-likeness (QED) is 0.766. The van der Waals surface area contributed by atoms with Gasteiger partial charge in [0.2, 0.25) is 11.8 Å². The topological polar surface area (TPSA) is 95.5 Å². The first kappa shape index (κ1) is 14.2. The fraction of sp³-hybridized carbons (Fsp3) is 0.364. The zero-order chi connectivity index (χ0) is 13.9. The van der Waals surface area contributed by atoms with Crippen LogP contribution in [0.3, 0.4) is 0 Å². The highest BCUT2D eigenvalue weighted by Crippen LogP contribution is 2.27. The van der Waals surface area contributed by atoms with Crippen molar-refractivity contribution in [3.8, 4) is 0 Å². The van der Waals surface area contributed by atoms with E-state index in [1.165, 1.54) is 13.8 Å². The molecule has 18 heavy (non-hydrogen) atoms. The molecule has 0 aliphatic carbocycles. The van der Waals surface area contributed by atoms with E-state index in [9.17, 15) is 14.4 Å². The second-order valence-electron chi connectivity index (χ2n) is 3.84. The summed E-state index contributed by atoms with van der Waals surface area (Å²) < 4.78 is 0. The average Bonchev–Trinajstić information content (AvgIpc) is 2.59. The molecule has 0 saturated carbocycles. The second kappa shape index (κ2) is 5.63. The molecule has 3 N–H and O–H groups in total. The van der Waals surface area contributed by atoms with E-state index in [0.717, 1.165) is 11.3 Å². The lowest BCUT2D eigenvalue weighted by molar-refractivity contribution is -0.124. The summed E-state index contributed by atoms with van der Waals surface area (Å²) in [5.74, 6) is -1.86. The molecule has 1 aromatic heterocycles. The van der Waals surface area contributed by atoms with Crippen LogP contribution in [0.2, 0.25) is 0 Å². The van der Waals surface area contributed by atoms with Crippen molar-refractivity contribution in [3.05, 3.63) is 15.8 Å². The first-order valence-corrected chi connectivity index (χ1v) is 6.10. The summed E-state index contributed by atoms with van der Waals surface area (Å²) >= 11 is 1.05. The summed E-state index contributed by atoms with van der Waals surface area (Å²) in [7, 11) is 0. The van der Waals surface area contributed by atoms with Crippen LogP contribution in [0, 0.1) is 6.92 Å². The van der Waals surface area contributed by atoms with Gasteiger partial charge in [-0.3, -0.25) is 9.59 Å². The molecule has 1 rings (SSSR count). The third-order valence-electron chi connectivity index (χ3n) is 2.23. The second-order valence-corrected chi connectivity index (χ2v) is 4.72. The van der Waals surface area contributed by atoms with Gasteiger partial charge in [0.1, 0.15) is 10.9 Å². The smallest absolute Gasteiger partial charge is 0.348 e. The predicted molar refractivity (Wildman–Crippen MR) is 67.9 cm³/mol. The molecular weight excluding hydrogens is 256 g/mol. The number of carbonyl (C=O) groups is 3. The largest absolute Gasteiger partial charge is 0.477 e. The highest BCUT2D eigenvalue weighted by molar-refractivity contribution is 7.12. The van der Waals surface area contributed by atoms with E-state index >= 15 is 0 Å². The normalized spacial score (nSPS) is 11.7. The first-order valence-electron chi connectivity index (χ1n) is 5.22. The maximum Gasteiger partial charge on any atom is 0.348 e. The van der Waals surface area contributed by atoms with Crippen molar-refractivity contribution in [3.63, 3.8) is 0 Å². The van der Waals surface area contributed by atoms with Crippen LogP contribution in [-0.4, -0.2) is 28.9 Å². The van der Waals surface area contributed by atoms with E-state index < -0.39 is 17.9 Å². The molecule has 7 heteroatoms. The fourth-order valence-corrected chi connectivity index (χ4v) is 2.20. The van der Waals surface area contributed by atoms with Crippen LogP contribution in [0.5, 0.6) is 0 Å². The van der Waals surface area contributed by atoms with Gasteiger partial charge in [-0.15, -0.1) is 11.3 Å². The third kappa shape index (κ3) is 3.30. The number of carboxylic acids is 1. The maximum absolute atomic E-state index is 11.8. The Balaban J connectivity index is 2.84. The average molecular weight is 270 g/mol. The molecule has 0 aromatic carbocycles. The van der Waals surface area contributed by atoms with Crippen molar-refractivity contribution in [1.29, 1.82) is 0 Å². The number of carboxylic acid groups (broad SMARTS) is 1. The zero-order valence-corrected chi connectivity index (χ0v) is 11.1. The molecule has 1 atom stereocenters. The molecule has 0 spiro atoms. The molecule has 2 amide bonds. The molecule has 6 nitrogen and oxygen atoms in total. The van der Waals surface area contributed by atoms with Crippen molar-refractivity contribution in [2.45, 2.75) is 26.8 Å². The molecule has 98 valence electrons. The Morgan fingerprint density at radius 2 is 2.00 bits per heavy atom. The predicted octanol–water partition coefficient (Wildman–Crippen LogP) is 1.22. The van der Waals surface area contributed by atoms with Gasteiger partial charge in [0.25, 0.3) is 0 Å². The van der Waals surface area contributed by atoms with Gasteiger partial charge < -0.3 is 15.7 Å². The number of thiophene rings is 1. The van der Waals surface area contributed by atoms with Gasteiger partial charge in [0.15, 0.2) is 0 Å². The van der Waals surface area contributed by atoms with E-state index in [-0.39, 0.29) is 16.5 Å². The number of aromatic carboxylic acids is 1. The van der Waals surface area contributed by atoms with E-state index in [2.05, 4.69) is 10.6 Å². The summed E-state index contributed by atoms with van der Waals surface area (Å²) in [6, 6.07) is -0.719. The molecule has 0 aliphatic heterocycles. The van der Waals surface area contributed by atoms with Gasteiger partial charge in [-0.2, -0.15) is 0 Å². The van der Waals surface area contributed by atoms with Crippen LogP contribution in [-0.2, 0) is 9.59 Å². The molecule has 1 unspecified atom stereocenters. The lowest BCUT2D eigenvalue weighted by Gasteiger charge is -2.13. The van der Waals surface area contributed by atoms with Gasteiger partial charge in [-0.1, -0.05) is 0 Å². The third-order valence-corrected chi connectivity index (χ3v) is 3.32. The fourth-order valence-electron chi connectivity index (χ4n) is 1.36. The van der Waals surface area contributed by atoms with Crippen molar-refractivity contribution >= 4 is 34.8 Å². The summed E-state index contributed by atoms with van der Waals surface area (Å²) in [5, 5.41) is 15.6. The SMILES string of the molecule is CC(=O)NC(C)C(=O)Nc1c(C)csc1C(=O)O. The van der Waals surface area contributed by atoms with E-state index in [1.54, 1.807) is 12.3 Å². The molecule has 0 radical (unpaired) electrons. The number of amides is 2. The Bertz CT molecular complexity index is 495. The van der Waals surface area contributed by atoms with Crippen LogP contribution in [0.25, 0.3) is 0 Å². The highest BCUT2D eigenvalue weighted by atomic mass is 32.1. The highest BCUT2D eigenvalue weighted by Gasteiger charge is 2.20. The lowest BCUT2D eigenvalue weighted by atomic mass is 10.2. The van der Waals surface area contributed by atoms with Crippen LogP contribution < -0.4 is 10.6 Å². The standard InChI is InChI=1S/C11H14N2O4S/c1-5-4-18-9(11(16)17)8(5)13-10(15)6(2)12-7(3)14/h4,6H,1-3H3,(H,12,14)(H,13,15)(H,16,17).